The Labute approximate surface area is 71.5 Å². The van der Waals surface area contributed by atoms with Crippen LogP contribution in [-0.4, -0.2) is 6.18 Å². The van der Waals surface area contributed by atoms with E-state index in [1.54, 1.807) is 0 Å². The van der Waals surface area contributed by atoms with Crippen LogP contribution in [0.3, 0.4) is 0 Å². The van der Waals surface area contributed by atoms with Crippen LogP contribution in [0.25, 0.3) is 0 Å². The molecule has 0 aromatic heterocycles. The Kier molecular flexibility index (Phi) is 4.35. The molecule has 0 atom stereocenters. The zero-order valence-corrected chi connectivity index (χ0v) is 7.70. The van der Waals surface area contributed by atoms with Crippen LogP contribution in [-0.2, 0) is 0 Å². The van der Waals surface area contributed by atoms with Gasteiger partial charge in [0.15, 0.2) is 0 Å². The van der Waals surface area contributed by atoms with E-state index in [2.05, 4.69) is 0 Å². The number of alkyl halides is 3. The molecule has 0 nitrogen and oxygen atoms in total. The molecule has 0 aromatic rings. The van der Waals surface area contributed by atoms with Gasteiger partial charge in [0, 0.05) is 5.57 Å². The Morgan fingerprint density at radius 3 is 2.08 bits per heavy atom. The number of rotatable bonds is 3. The SMILES string of the molecule is C/C=C(\CCC(C)C)C(F)(F)F. The van der Waals surface area contributed by atoms with Crippen molar-refractivity contribution in [2.24, 2.45) is 5.92 Å². The molecule has 0 aliphatic carbocycles. The molecule has 0 aliphatic rings. The molecule has 0 amide bonds. The average Bonchev–Trinajstić information content (AvgIpc) is 1.85. The molecule has 0 saturated carbocycles. The van der Waals surface area contributed by atoms with E-state index in [-0.39, 0.29) is 6.42 Å². The van der Waals surface area contributed by atoms with Crippen LogP contribution in [0.4, 0.5) is 13.2 Å². The minimum Gasteiger partial charge on any atom is -0.166 e. The zero-order valence-electron chi connectivity index (χ0n) is 7.70. The van der Waals surface area contributed by atoms with Gasteiger partial charge in [0.25, 0.3) is 0 Å². The van der Waals surface area contributed by atoms with Gasteiger partial charge in [-0.3, -0.25) is 0 Å². The summed E-state index contributed by atoms with van der Waals surface area (Å²) in [5.74, 6) is 0.322. The summed E-state index contributed by atoms with van der Waals surface area (Å²) in [6.45, 7) is 5.27. The highest BCUT2D eigenvalue weighted by Gasteiger charge is 2.32. The molecule has 12 heavy (non-hydrogen) atoms. The standard InChI is InChI=1S/C9H15F3/c1-4-8(9(10,11)12)6-5-7(2)3/h4,7H,5-6H2,1-3H3/b8-4+. The fraction of sp³-hybridized carbons (Fsp3) is 0.778. The molecule has 0 bridgehead atoms. The lowest BCUT2D eigenvalue weighted by atomic mass is 10.0. The summed E-state index contributed by atoms with van der Waals surface area (Å²) in [7, 11) is 0. The van der Waals surface area contributed by atoms with Crippen molar-refractivity contribution in [1.82, 2.24) is 0 Å². The normalized spacial score (nSPS) is 14.1. The molecule has 0 saturated heterocycles. The monoisotopic (exact) mass is 180 g/mol. The van der Waals surface area contributed by atoms with Gasteiger partial charge in [-0.2, -0.15) is 13.2 Å². The largest absolute Gasteiger partial charge is 0.412 e. The van der Waals surface area contributed by atoms with E-state index in [1.165, 1.54) is 6.92 Å². The average molecular weight is 180 g/mol. The summed E-state index contributed by atoms with van der Waals surface area (Å²) < 4.78 is 36.3. The first-order valence-electron chi connectivity index (χ1n) is 4.10. The van der Waals surface area contributed by atoms with E-state index in [0.29, 0.717) is 12.3 Å². The van der Waals surface area contributed by atoms with Crippen LogP contribution in [0.2, 0.25) is 0 Å². The molecule has 0 N–H and O–H groups in total. The van der Waals surface area contributed by atoms with Crippen molar-refractivity contribution in [3.05, 3.63) is 11.6 Å². The number of halogens is 3. The summed E-state index contributed by atoms with van der Waals surface area (Å²) in [5.41, 5.74) is -0.406. The predicted octanol–water partition coefficient (Wildman–Crippen LogP) is 3.93. The Bertz CT molecular complexity index is 154. The highest BCUT2D eigenvalue weighted by atomic mass is 19.4. The van der Waals surface area contributed by atoms with Crippen LogP contribution in [0.5, 0.6) is 0 Å². The van der Waals surface area contributed by atoms with Crippen molar-refractivity contribution >= 4 is 0 Å². The third-order valence-electron chi connectivity index (χ3n) is 1.70. The lowest BCUT2D eigenvalue weighted by molar-refractivity contribution is -0.0944. The molecule has 0 spiro atoms. The summed E-state index contributed by atoms with van der Waals surface area (Å²) >= 11 is 0. The van der Waals surface area contributed by atoms with E-state index in [9.17, 15) is 13.2 Å². The maximum Gasteiger partial charge on any atom is 0.412 e. The first-order valence-corrected chi connectivity index (χ1v) is 4.10. The van der Waals surface area contributed by atoms with Gasteiger partial charge in [0.1, 0.15) is 0 Å². The highest BCUT2D eigenvalue weighted by molar-refractivity contribution is 5.07. The minimum absolute atomic E-state index is 0.137. The molecule has 0 radical (unpaired) electrons. The number of hydrogen-bond acceptors (Lipinski definition) is 0. The van der Waals surface area contributed by atoms with E-state index in [1.807, 2.05) is 13.8 Å². The van der Waals surface area contributed by atoms with Crippen LogP contribution in [0.15, 0.2) is 11.6 Å². The molecule has 0 fully saturated rings. The van der Waals surface area contributed by atoms with Crippen molar-refractivity contribution in [1.29, 1.82) is 0 Å². The first-order chi connectivity index (χ1) is 5.38. The Hall–Kier alpha value is -0.470. The van der Waals surface area contributed by atoms with Crippen molar-refractivity contribution in [2.45, 2.75) is 39.8 Å². The van der Waals surface area contributed by atoms with Gasteiger partial charge in [0.2, 0.25) is 0 Å². The van der Waals surface area contributed by atoms with E-state index < -0.39 is 11.7 Å². The van der Waals surface area contributed by atoms with Crippen molar-refractivity contribution in [2.75, 3.05) is 0 Å². The Balaban J connectivity index is 4.04. The van der Waals surface area contributed by atoms with Gasteiger partial charge in [-0.15, -0.1) is 0 Å². The Morgan fingerprint density at radius 2 is 1.83 bits per heavy atom. The Morgan fingerprint density at radius 1 is 1.33 bits per heavy atom. The van der Waals surface area contributed by atoms with Crippen LogP contribution < -0.4 is 0 Å². The molecular formula is C9H15F3. The van der Waals surface area contributed by atoms with Gasteiger partial charge in [0.05, 0.1) is 0 Å². The van der Waals surface area contributed by atoms with Crippen LogP contribution in [0.1, 0.15) is 33.6 Å². The molecule has 0 unspecified atom stereocenters. The van der Waals surface area contributed by atoms with Gasteiger partial charge in [-0.1, -0.05) is 19.9 Å². The maximum absolute atomic E-state index is 12.1. The van der Waals surface area contributed by atoms with Crippen molar-refractivity contribution in [3.8, 4) is 0 Å². The topological polar surface area (TPSA) is 0 Å². The van der Waals surface area contributed by atoms with Gasteiger partial charge in [-0.05, 0) is 25.7 Å². The van der Waals surface area contributed by atoms with Crippen molar-refractivity contribution in [3.63, 3.8) is 0 Å². The summed E-state index contributed by atoms with van der Waals surface area (Å²) in [6, 6.07) is 0. The minimum atomic E-state index is -4.14. The smallest absolute Gasteiger partial charge is 0.166 e. The fourth-order valence-corrected chi connectivity index (χ4v) is 0.894. The quantitative estimate of drug-likeness (QED) is 0.577. The summed E-state index contributed by atoms with van der Waals surface area (Å²) in [4.78, 5) is 0. The predicted molar refractivity (Wildman–Crippen MR) is 43.9 cm³/mol. The molecule has 0 aromatic carbocycles. The second-order valence-corrected chi connectivity index (χ2v) is 3.24. The lowest BCUT2D eigenvalue weighted by Crippen LogP contribution is -2.12. The third-order valence-corrected chi connectivity index (χ3v) is 1.70. The van der Waals surface area contributed by atoms with Gasteiger partial charge < -0.3 is 0 Å². The van der Waals surface area contributed by atoms with Crippen LogP contribution in [0, 0.1) is 5.92 Å². The molecule has 0 rings (SSSR count). The molecule has 0 heterocycles. The molecular weight excluding hydrogens is 165 g/mol. The van der Waals surface area contributed by atoms with Crippen LogP contribution >= 0.6 is 0 Å². The first kappa shape index (κ1) is 11.5. The summed E-state index contributed by atoms with van der Waals surface area (Å²) in [6.07, 6.45) is -2.25. The second-order valence-electron chi connectivity index (χ2n) is 3.24. The van der Waals surface area contributed by atoms with Gasteiger partial charge in [-0.25, -0.2) is 0 Å². The molecule has 3 heteroatoms. The highest BCUT2D eigenvalue weighted by Crippen LogP contribution is 2.29. The number of allylic oxidation sites excluding steroid dienone is 2. The molecule has 72 valence electrons. The summed E-state index contributed by atoms with van der Waals surface area (Å²) in [5, 5.41) is 0. The zero-order chi connectivity index (χ0) is 9.78. The van der Waals surface area contributed by atoms with Gasteiger partial charge >= 0.3 is 6.18 Å². The van der Waals surface area contributed by atoms with E-state index in [0.717, 1.165) is 6.08 Å². The van der Waals surface area contributed by atoms with E-state index >= 15 is 0 Å². The fourth-order valence-electron chi connectivity index (χ4n) is 0.894. The van der Waals surface area contributed by atoms with Crippen molar-refractivity contribution < 1.29 is 13.2 Å². The molecule has 0 aliphatic heterocycles. The maximum atomic E-state index is 12.1. The van der Waals surface area contributed by atoms with E-state index in [4.69, 9.17) is 0 Å². The lowest BCUT2D eigenvalue weighted by Gasteiger charge is -2.12. The second kappa shape index (κ2) is 4.53. The number of hydrogen-bond donors (Lipinski definition) is 0. The third kappa shape index (κ3) is 4.42.